The molecular formula is C18H24N2O2S. The Morgan fingerprint density at radius 3 is 2.78 bits per heavy atom. The lowest BCUT2D eigenvalue weighted by Gasteiger charge is -2.14. The lowest BCUT2D eigenvalue weighted by atomic mass is 10.0. The third-order valence-corrected chi connectivity index (χ3v) is 4.34. The molecule has 1 heterocycles. The Kier molecular flexibility index (Phi) is 6.16. The molecule has 0 bridgehead atoms. The number of ether oxygens (including phenoxy) is 1. The molecule has 0 atom stereocenters. The number of nitrogens with one attached hydrogen (secondary N) is 1. The molecule has 23 heavy (non-hydrogen) atoms. The molecule has 1 aromatic heterocycles. The van der Waals surface area contributed by atoms with Gasteiger partial charge in [-0.3, -0.25) is 4.79 Å². The Labute approximate surface area is 141 Å². The van der Waals surface area contributed by atoms with Crippen LogP contribution in [0.1, 0.15) is 41.6 Å². The van der Waals surface area contributed by atoms with Gasteiger partial charge in [0, 0.05) is 18.3 Å². The van der Waals surface area contributed by atoms with Gasteiger partial charge in [-0.15, -0.1) is 11.3 Å². The fourth-order valence-electron chi connectivity index (χ4n) is 2.29. The topological polar surface area (TPSA) is 51.2 Å². The number of nitrogens with zero attached hydrogens (tertiary/aromatic N) is 1. The van der Waals surface area contributed by atoms with Crippen molar-refractivity contribution in [3.63, 3.8) is 0 Å². The Hall–Kier alpha value is -1.88. The molecule has 5 heteroatoms. The first-order chi connectivity index (χ1) is 11.0. The maximum absolute atomic E-state index is 11.9. The first-order valence-electron chi connectivity index (χ1n) is 7.86. The lowest BCUT2D eigenvalue weighted by Crippen LogP contribution is -2.30. The van der Waals surface area contributed by atoms with E-state index in [2.05, 4.69) is 36.3 Å². The van der Waals surface area contributed by atoms with Crippen LogP contribution in [0.5, 0.6) is 5.75 Å². The number of aryl methyl sites for hydroxylation is 2. The van der Waals surface area contributed by atoms with Gasteiger partial charge in [-0.2, -0.15) is 0 Å². The van der Waals surface area contributed by atoms with Crippen LogP contribution < -0.4 is 10.1 Å². The van der Waals surface area contributed by atoms with Crippen LogP contribution in [0.3, 0.4) is 0 Å². The van der Waals surface area contributed by atoms with Crippen molar-refractivity contribution in [2.45, 2.75) is 40.0 Å². The van der Waals surface area contributed by atoms with E-state index in [1.54, 1.807) is 11.3 Å². The predicted octanol–water partition coefficient (Wildman–Crippen LogP) is 3.62. The maximum Gasteiger partial charge on any atom is 0.257 e. The summed E-state index contributed by atoms with van der Waals surface area (Å²) in [7, 11) is 0. The highest BCUT2D eigenvalue weighted by Crippen LogP contribution is 2.27. The molecule has 1 N–H and O–H groups in total. The van der Waals surface area contributed by atoms with E-state index in [9.17, 15) is 4.79 Å². The number of hydrogen-bond acceptors (Lipinski definition) is 4. The van der Waals surface area contributed by atoms with Crippen LogP contribution in [0.15, 0.2) is 23.6 Å². The molecule has 1 amide bonds. The summed E-state index contributed by atoms with van der Waals surface area (Å²) in [5, 5.41) is 5.95. The first-order valence-corrected chi connectivity index (χ1v) is 8.74. The quantitative estimate of drug-likeness (QED) is 0.842. The molecule has 0 fully saturated rings. The highest BCUT2D eigenvalue weighted by Gasteiger charge is 2.10. The van der Waals surface area contributed by atoms with E-state index in [1.165, 1.54) is 0 Å². The summed E-state index contributed by atoms with van der Waals surface area (Å²) in [6, 6.07) is 6.12. The Bertz CT molecular complexity index is 665. The molecule has 0 radical (unpaired) electrons. The largest absolute Gasteiger partial charge is 0.483 e. The van der Waals surface area contributed by atoms with E-state index in [-0.39, 0.29) is 12.5 Å². The molecule has 0 spiro atoms. The minimum absolute atomic E-state index is 0.0409. The summed E-state index contributed by atoms with van der Waals surface area (Å²) in [5.74, 6) is 1.06. The third kappa shape index (κ3) is 5.36. The van der Waals surface area contributed by atoms with E-state index in [1.807, 2.05) is 25.3 Å². The summed E-state index contributed by atoms with van der Waals surface area (Å²) in [4.78, 5) is 16.3. The van der Waals surface area contributed by atoms with E-state index >= 15 is 0 Å². The van der Waals surface area contributed by atoms with Crippen LogP contribution in [0.4, 0.5) is 0 Å². The van der Waals surface area contributed by atoms with E-state index < -0.39 is 0 Å². The van der Waals surface area contributed by atoms with E-state index in [0.29, 0.717) is 12.5 Å². The van der Waals surface area contributed by atoms with Crippen LogP contribution in [0, 0.1) is 13.8 Å². The van der Waals surface area contributed by atoms with Gasteiger partial charge in [0.05, 0.1) is 10.7 Å². The zero-order valence-corrected chi connectivity index (χ0v) is 15.0. The molecule has 0 saturated carbocycles. The molecular weight excluding hydrogens is 308 g/mol. The Morgan fingerprint density at radius 1 is 1.35 bits per heavy atom. The Morgan fingerprint density at radius 2 is 2.13 bits per heavy atom. The zero-order valence-electron chi connectivity index (χ0n) is 14.2. The maximum atomic E-state index is 11.9. The fourth-order valence-corrected chi connectivity index (χ4v) is 2.94. The highest BCUT2D eigenvalue weighted by atomic mass is 32.1. The molecule has 0 unspecified atom stereocenters. The second-order valence-electron chi connectivity index (χ2n) is 5.94. The van der Waals surface area contributed by atoms with Crippen molar-refractivity contribution in [2.75, 3.05) is 13.2 Å². The van der Waals surface area contributed by atoms with Gasteiger partial charge < -0.3 is 10.1 Å². The van der Waals surface area contributed by atoms with Gasteiger partial charge in [-0.05, 0) is 37.0 Å². The van der Waals surface area contributed by atoms with Gasteiger partial charge >= 0.3 is 0 Å². The molecule has 2 rings (SSSR count). The van der Waals surface area contributed by atoms with E-state index in [4.69, 9.17) is 4.74 Å². The smallest absolute Gasteiger partial charge is 0.257 e. The first kappa shape index (κ1) is 17.5. The minimum atomic E-state index is -0.104. The number of benzene rings is 1. The number of hydrogen-bond donors (Lipinski definition) is 1. The van der Waals surface area contributed by atoms with Crippen molar-refractivity contribution in [3.8, 4) is 5.75 Å². The molecule has 0 aliphatic carbocycles. The number of amides is 1. The molecule has 0 aliphatic rings. The number of aromatic nitrogens is 1. The SMILES string of the molecule is Cc1ccc(C(C)C)c(OCC(=O)NCCc2csc(C)n2)c1. The van der Waals surface area contributed by atoms with Crippen LogP contribution in [-0.4, -0.2) is 24.0 Å². The highest BCUT2D eigenvalue weighted by molar-refractivity contribution is 7.09. The van der Waals surface area contributed by atoms with Gasteiger partial charge in [-0.25, -0.2) is 4.98 Å². The molecule has 0 saturated heterocycles. The summed E-state index contributed by atoms with van der Waals surface area (Å²) < 4.78 is 5.72. The number of carbonyl (C=O) groups excluding carboxylic acids is 1. The average Bonchev–Trinajstić information content (AvgIpc) is 2.90. The summed E-state index contributed by atoms with van der Waals surface area (Å²) in [6.07, 6.45) is 0.748. The van der Waals surface area contributed by atoms with Crippen LogP contribution in [0.2, 0.25) is 0 Å². The number of thiazole rings is 1. The average molecular weight is 332 g/mol. The number of carbonyl (C=O) groups is 1. The monoisotopic (exact) mass is 332 g/mol. The van der Waals surface area contributed by atoms with Crippen molar-refractivity contribution >= 4 is 17.2 Å². The van der Waals surface area contributed by atoms with Crippen molar-refractivity contribution < 1.29 is 9.53 Å². The fraction of sp³-hybridized carbons (Fsp3) is 0.444. The van der Waals surface area contributed by atoms with Crippen molar-refractivity contribution in [1.82, 2.24) is 10.3 Å². The predicted molar refractivity (Wildman–Crippen MR) is 94.3 cm³/mol. The molecule has 0 aliphatic heterocycles. The van der Waals surface area contributed by atoms with Crippen molar-refractivity contribution in [3.05, 3.63) is 45.4 Å². The summed E-state index contributed by atoms with van der Waals surface area (Å²) in [5.41, 5.74) is 3.28. The van der Waals surface area contributed by atoms with Crippen molar-refractivity contribution in [2.24, 2.45) is 0 Å². The minimum Gasteiger partial charge on any atom is -0.483 e. The summed E-state index contributed by atoms with van der Waals surface area (Å²) >= 11 is 1.63. The van der Waals surface area contributed by atoms with Crippen LogP contribution in [0.25, 0.3) is 0 Å². The van der Waals surface area contributed by atoms with Crippen molar-refractivity contribution in [1.29, 1.82) is 0 Å². The molecule has 1 aromatic carbocycles. The number of rotatable bonds is 7. The zero-order chi connectivity index (χ0) is 16.8. The van der Waals surface area contributed by atoms with Gasteiger partial charge in [-0.1, -0.05) is 26.0 Å². The van der Waals surface area contributed by atoms with Crippen LogP contribution >= 0.6 is 11.3 Å². The second kappa shape index (κ2) is 8.11. The Balaban J connectivity index is 1.81. The lowest BCUT2D eigenvalue weighted by molar-refractivity contribution is -0.123. The van der Waals surface area contributed by atoms with E-state index in [0.717, 1.165) is 34.0 Å². The second-order valence-corrected chi connectivity index (χ2v) is 7.00. The molecule has 124 valence electrons. The van der Waals surface area contributed by atoms with Gasteiger partial charge in [0.2, 0.25) is 0 Å². The molecule has 4 nitrogen and oxygen atoms in total. The molecule has 2 aromatic rings. The summed E-state index contributed by atoms with van der Waals surface area (Å²) in [6.45, 7) is 8.86. The normalized spacial score (nSPS) is 10.8. The van der Waals surface area contributed by atoms with Gasteiger partial charge in [0.1, 0.15) is 5.75 Å². The van der Waals surface area contributed by atoms with Gasteiger partial charge in [0.15, 0.2) is 6.61 Å². The van der Waals surface area contributed by atoms with Crippen LogP contribution in [-0.2, 0) is 11.2 Å². The van der Waals surface area contributed by atoms with Gasteiger partial charge in [0.25, 0.3) is 5.91 Å². The standard InChI is InChI=1S/C18H24N2O2S/c1-12(2)16-6-5-13(3)9-17(16)22-10-18(21)19-8-7-15-11-23-14(4)20-15/h5-6,9,11-12H,7-8,10H2,1-4H3,(H,19,21). The third-order valence-electron chi connectivity index (χ3n) is 3.52.